The van der Waals surface area contributed by atoms with Crippen LogP contribution in [0.4, 0.5) is 0 Å². The van der Waals surface area contributed by atoms with Gasteiger partial charge in [0, 0.05) is 17.6 Å². The fourth-order valence-electron chi connectivity index (χ4n) is 2.67. The highest BCUT2D eigenvalue weighted by molar-refractivity contribution is 4.89. The first kappa shape index (κ1) is 15.0. The summed E-state index contributed by atoms with van der Waals surface area (Å²) < 4.78 is 0. The predicted octanol–water partition coefficient (Wildman–Crippen LogP) is 3.23. The molecule has 1 rings (SSSR count). The maximum atomic E-state index is 2.62. The fraction of sp³-hybridized carbons (Fsp3) is 1.00. The van der Waals surface area contributed by atoms with Gasteiger partial charge in [0.15, 0.2) is 0 Å². The van der Waals surface area contributed by atoms with Gasteiger partial charge in [0.2, 0.25) is 0 Å². The van der Waals surface area contributed by atoms with Crippen LogP contribution >= 0.6 is 0 Å². The van der Waals surface area contributed by atoms with Crippen molar-refractivity contribution in [2.75, 3.05) is 20.1 Å². The number of rotatable bonds is 4. The zero-order chi connectivity index (χ0) is 13.2. The number of likely N-dealkylation sites (tertiary alicyclic amines) is 1. The quantitative estimate of drug-likeness (QED) is 0.744. The van der Waals surface area contributed by atoms with E-state index in [1.54, 1.807) is 0 Å². The van der Waals surface area contributed by atoms with Gasteiger partial charge in [0.1, 0.15) is 0 Å². The molecule has 0 saturated carbocycles. The van der Waals surface area contributed by atoms with E-state index in [9.17, 15) is 0 Å². The van der Waals surface area contributed by atoms with E-state index in [-0.39, 0.29) is 0 Å². The van der Waals surface area contributed by atoms with Crippen molar-refractivity contribution in [1.82, 2.24) is 9.80 Å². The SMILES string of the molecule is CC(C)N1CCC(N(C)C(C)(C)C(C)C)CC1. The predicted molar refractivity (Wildman–Crippen MR) is 76.4 cm³/mol. The molecule has 0 aliphatic carbocycles. The van der Waals surface area contributed by atoms with E-state index >= 15 is 0 Å². The van der Waals surface area contributed by atoms with Gasteiger partial charge in [-0.05, 0) is 66.6 Å². The van der Waals surface area contributed by atoms with Gasteiger partial charge in [-0.1, -0.05) is 13.8 Å². The van der Waals surface area contributed by atoms with Gasteiger partial charge in [-0.2, -0.15) is 0 Å². The summed E-state index contributed by atoms with van der Waals surface area (Å²) in [6.45, 7) is 16.6. The molecule has 0 aromatic carbocycles. The van der Waals surface area contributed by atoms with Crippen LogP contribution in [0.25, 0.3) is 0 Å². The monoisotopic (exact) mass is 240 g/mol. The highest BCUT2D eigenvalue weighted by Crippen LogP contribution is 2.28. The molecule has 2 nitrogen and oxygen atoms in total. The lowest BCUT2D eigenvalue weighted by molar-refractivity contribution is 0.0225. The zero-order valence-electron chi connectivity index (χ0n) is 13.0. The summed E-state index contributed by atoms with van der Waals surface area (Å²) >= 11 is 0. The van der Waals surface area contributed by atoms with E-state index in [1.807, 2.05) is 0 Å². The van der Waals surface area contributed by atoms with Gasteiger partial charge in [0.05, 0.1) is 0 Å². The number of hydrogen-bond acceptors (Lipinski definition) is 2. The Balaban J connectivity index is 2.54. The summed E-state index contributed by atoms with van der Waals surface area (Å²) in [5, 5.41) is 0. The van der Waals surface area contributed by atoms with E-state index in [0.29, 0.717) is 17.5 Å². The van der Waals surface area contributed by atoms with E-state index in [2.05, 4.69) is 58.4 Å². The minimum Gasteiger partial charge on any atom is -0.301 e. The van der Waals surface area contributed by atoms with Gasteiger partial charge in [-0.3, -0.25) is 4.90 Å². The molecule has 0 atom stereocenters. The van der Waals surface area contributed by atoms with Crippen molar-refractivity contribution in [2.24, 2.45) is 5.92 Å². The van der Waals surface area contributed by atoms with Gasteiger partial charge < -0.3 is 4.90 Å². The van der Waals surface area contributed by atoms with Crippen LogP contribution in [0.5, 0.6) is 0 Å². The Bertz CT molecular complexity index is 225. The molecule has 1 aliphatic rings. The van der Waals surface area contributed by atoms with Crippen molar-refractivity contribution < 1.29 is 0 Å². The Hall–Kier alpha value is -0.0800. The third-order valence-electron chi connectivity index (χ3n) is 5.10. The second-order valence-electron chi connectivity index (χ2n) is 6.78. The first-order chi connectivity index (χ1) is 7.76. The van der Waals surface area contributed by atoms with Crippen molar-refractivity contribution in [2.45, 2.75) is 72.0 Å². The molecule has 0 amide bonds. The Kier molecular flexibility index (Phi) is 5.03. The molecule has 0 unspecified atom stereocenters. The van der Waals surface area contributed by atoms with E-state index in [4.69, 9.17) is 0 Å². The molecular formula is C15H32N2. The van der Waals surface area contributed by atoms with Crippen LogP contribution in [0.15, 0.2) is 0 Å². The average molecular weight is 240 g/mol. The van der Waals surface area contributed by atoms with Crippen LogP contribution in [0.2, 0.25) is 0 Å². The first-order valence-electron chi connectivity index (χ1n) is 7.23. The van der Waals surface area contributed by atoms with Gasteiger partial charge in [0.25, 0.3) is 0 Å². The summed E-state index contributed by atoms with van der Waals surface area (Å²) in [7, 11) is 2.32. The molecule has 1 saturated heterocycles. The van der Waals surface area contributed by atoms with Crippen molar-refractivity contribution in [3.63, 3.8) is 0 Å². The van der Waals surface area contributed by atoms with Crippen LogP contribution in [-0.4, -0.2) is 47.6 Å². The highest BCUT2D eigenvalue weighted by atomic mass is 15.2. The smallest absolute Gasteiger partial charge is 0.0176 e. The summed E-state index contributed by atoms with van der Waals surface area (Å²) in [6.07, 6.45) is 2.65. The van der Waals surface area contributed by atoms with Gasteiger partial charge in [-0.15, -0.1) is 0 Å². The molecule has 0 aromatic heterocycles. The van der Waals surface area contributed by atoms with Crippen molar-refractivity contribution >= 4 is 0 Å². The molecule has 0 aromatic rings. The third kappa shape index (κ3) is 3.45. The van der Waals surface area contributed by atoms with Crippen LogP contribution in [0.3, 0.4) is 0 Å². The zero-order valence-corrected chi connectivity index (χ0v) is 13.0. The largest absolute Gasteiger partial charge is 0.301 e. The summed E-state index contributed by atoms with van der Waals surface area (Å²) in [5.41, 5.74) is 0.310. The lowest BCUT2D eigenvalue weighted by Crippen LogP contribution is -2.54. The number of hydrogen-bond donors (Lipinski definition) is 0. The molecule has 1 heterocycles. The lowest BCUT2D eigenvalue weighted by atomic mass is 9.86. The van der Waals surface area contributed by atoms with Crippen LogP contribution in [-0.2, 0) is 0 Å². The Labute approximate surface area is 108 Å². The highest BCUT2D eigenvalue weighted by Gasteiger charge is 2.34. The Morgan fingerprint density at radius 2 is 1.53 bits per heavy atom. The van der Waals surface area contributed by atoms with Crippen molar-refractivity contribution in [3.8, 4) is 0 Å². The fourth-order valence-corrected chi connectivity index (χ4v) is 2.67. The summed E-state index contributed by atoms with van der Waals surface area (Å²) in [6, 6.07) is 1.47. The van der Waals surface area contributed by atoms with Crippen LogP contribution in [0, 0.1) is 5.92 Å². The Morgan fingerprint density at radius 1 is 1.06 bits per heavy atom. The summed E-state index contributed by atoms with van der Waals surface area (Å²) in [5.74, 6) is 0.704. The first-order valence-corrected chi connectivity index (χ1v) is 7.23. The molecule has 1 fully saturated rings. The molecule has 102 valence electrons. The van der Waals surface area contributed by atoms with Gasteiger partial charge >= 0.3 is 0 Å². The van der Waals surface area contributed by atoms with Crippen LogP contribution in [0.1, 0.15) is 54.4 Å². The average Bonchev–Trinajstić information content (AvgIpc) is 2.27. The molecule has 0 bridgehead atoms. The molecular weight excluding hydrogens is 208 g/mol. The molecule has 2 heteroatoms. The minimum atomic E-state index is 0.310. The summed E-state index contributed by atoms with van der Waals surface area (Å²) in [4.78, 5) is 5.22. The topological polar surface area (TPSA) is 6.48 Å². The molecule has 0 N–H and O–H groups in total. The Morgan fingerprint density at radius 3 is 1.88 bits per heavy atom. The van der Waals surface area contributed by atoms with E-state index in [0.717, 1.165) is 6.04 Å². The third-order valence-corrected chi connectivity index (χ3v) is 5.10. The standard InChI is InChI=1S/C15H32N2/c1-12(2)15(5,6)16(7)14-8-10-17(11-9-14)13(3)4/h12-14H,8-11H2,1-7H3. The van der Waals surface area contributed by atoms with E-state index < -0.39 is 0 Å². The van der Waals surface area contributed by atoms with E-state index in [1.165, 1.54) is 25.9 Å². The number of piperidine rings is 1. The minimum absolute atomic E-state index is 0.310. The normalized spacial score (nSPS) is 20.8. The second-order valence-corrected chi connectivity index (χ2v) is 6.78. The molecule has 0 spiro atoms. The van der Waals surface area contributed by atoms with Crippen molar-refractivity contribution in [3.05, 3.63) is 0 Å². The molecule has 17 heavy (non-hydrogen) atoms. The number of nitrogens with zero attached hydrogens (tertiary/aromatic N) is 2. The van der Waals surface area contributed by atoms with Crippen LogP contribution < -0.4 is 0 Å². The molecule has 1 aliphatic heterocycles. The molecule has 0 radical (unpaired) electrons. The van der Waals surface area contributed by atoms with Gasteiger partial charge in [-0.25, -0.2) is 0 Å². The maximum Gasteiger partial charge on any atom is 0.0176 e. The second kappa shape index (κ2) is 5.71. The lowest BCUT2D eigenvalue weighted by Gasteiger charge is -2.47. The maximum absolute atomic E-state index is 2.62. The van der Waals surface area contributed by atoms with Crippen molar-refractivity contribution in [1.29, 1.82) is 0 Å².